The highest BCUT2D eigenvalue weighted by molar-refractivity contribution is 5.81. The van der Waals surface area contributed by atoms with Gasteiger partial charge < -0.3 is 14.9 Å². The summed E-state index contributed by atoms with van der Waals surface area (Å²) in [5.41, 5.74) is 0. The second-order valence-electron chi connectivity index (χ2n) is 3.15. The van der Waals surface area contributed by atoms with Crippen LogP contribution in [0.15, 0.2) is 35.8 Å². The standard InChI is InChI=1S/C11H14O4/c1-2-15-11(14)6-4-8-3-5-9(12)10(13)7-8/h4-8,12-13H,2-3H2,1H3/b6-4+/t8-/m1/s1. The molecule has 82 valence electrons. The van der Waals surface area contributed by atoms with E-state index in [4.69, 9.17) is 9.84 Å². The fraction of sp³-hybridized carbons (Fsp3) is 0.364. The van der Waals surface area contributed by atoms with E-state index in [1.54, 1.807) is 13.0 Å². The van der Waals surface area contributed by atoms with Crippen molar-refractivity contribution in [2.45, 2.75) is 13.3 Å². The Morgan fingerprint density at radius 3 is 2.93 bits per heavy atom. The Morgan fingerprint density at radius 2 is 2.33 bits per heavy atom. The number of ether oxygens (including phenoxy) is 1. The zero-order valence-corrected chi connectivity index (χ0v) is 8.51. The molecule has 0 aromatic rings. The summed E-state index contributed by atoms with van der Waals surface area (Å²) in [5, 5.41) is 18.3. The number of esters is 1. The van der Waals surface area contributed by atoms with Crippen LogP contribution in [-0.4, -0.2) is 22.8 Å². The molecule has 4 nitrogen and oxygen atoms in total. The van der Waals surface area contributed by atoms with E-state index in [1.165, 1.54) is 18.2 Å². The lowest BCUT2D eigenvalue weighted by Crippen LogP contribution is -2.04. The van der Waals surface area contributed by atoms with E-state index >= 15 is 0 Å². The monoisotopic (exact) mass is 210 g/mol. The van der Waals surface area contributed by atoms with Crippen molar-refractivity contribution in [1.29, 1.82) is 0 Å². The molecule has 0 amide bonds. The first-order valence-corrected chi connectivity index (χ1v) is 4.78. The highest BCUT2D eigenvalue weighted by atomic mass is 16.5. The van der Waals surface area contributed by atoms with Gasteiger partial charge in [-0.15, -0.1) is 0 Å². The predicted molar refractivity (Wildman–Crippen MR) is 55.3 cm³/mol. The molecule has 0 saturated heterocycles. The first kappa shape index (κ1) is 11.4. The Balaban J connectivity index is 2.52. The molecule has 1 aliphatic rings. The van der Waals surface area contributed by atoms with Gasteiger partial charge in [0.05, 0.1) is 6.61 Å². The van der Waals surface area contributed by atoms with Crippen molar-refractivity contribution in [3.05, 3.63) is 35.8 Å². The van der Waals surface area contributed by atoms with Crippen molar-refractivity contribution < 1.29 is 19.7 Å². The van der Waals surface area contributed by atoms with E-state index in [-0.39, 0.29) is 17.4 Å². The van der Waals surface area contributed by atoms with Crippen LogP contribution in [-0.2, 0) is 9.53 Å². The summed E-state index contributed by atoms with van der Waals surface area (Å²) in [4.78, 5) is 11.0. The minimum Gasteiger partial charge on any atom is -0.504 e. The lowest BCUT2D eigenvalue weighted by Gasteiger charge is -2.11. The maximum atomic E-state index is 11.0. The van der Waals surface area contributed by atoms with E-state index in [0.717, 1.165) is 0 Å². The second-order valence-corrected chi connectivity index (χ2v) is 3.15. The van der Waals surface area contributed by atoms with E-state index in [1.807, 2.05) is 0 Å². The van der Waals surface area contributed by atoms with Gasteiger partial charge in [0.15, 0.2) is 11.5 Å². The molecule has 0 spiro atoms. The van der Waals surface area contributed by atoms with Crippen LogP contribution in [0.4, 0.5) is 0 Å². The van der Waals surface area contributed by atoms with Crippen molar-refractivity contribution in [2.24, 2.45) is 5.92 Å². The summed E-state index contributed by atoms with van der Waals surface area (Å²) in [6.45, 7) is 2.08. The number of aliphatic hydroxyl groups excluding tert-OH is 2. The average Bonchev–Trinajstić information content (AvgIpc) is 2.20. The summed E-state index contributed by atoms with van der Waals surface area (Å²) >= 11 is 0. The van der Waals surface area contributed by atoms with Crippen LogP contribution in [0.3, 0.4) is 0 Å². The van der Waals surface area contributed by atoms with Gasteiger partial charge in [-0.05, 0) is 25.5 Å². The molecule has 0 saturated carbocycles. The molecule has 0 fully saturated rings. The molecular weight excluding hydrogens is 196 g/mol. The smallest absolute Gasteiger partial charge is 0.330 e. The third kappa shape index (κ3) is 3.50. The highest BCUT2D eigenvalue weighted by Crippen LogP contribution is 2.20. The molecule has 0 unspecified atom stereocenters. The molecule has 0 aromatic carbocycles. The number of carbonyl (C=O) groups is 1. The van der Waals surface area contributed by atoms with Crippen molar-refractivity contribution in [3.8, 4) is 0 Å². The fourth-order valence-corrected chi connectivity index (χ4v) is 1.24. The third-order valence-corrected chi connectivity index (χ3v) is 1.98. The molecule has 0 radical (unpaired) electrons. The van der Waals surface area contributed by atoms with E-state index in [0.29, 0.717) is 13.0 Å². The topological polar surface area (TPSA) is 66.8 Å². The van der Waals surface area contributed by atoms with Crippen LogP contribution in [0.5, 0.6) is 0 Å². The van der Waals surface area contributed by atoms with E-state index in [9.17, 15) is 9.90 Å². The number of rotatable bonds is 3. The lowest BCUT2D eigenvalue weighted by molar-refractivity contribution is -0.137. The van der Waals surface area contributed by atoms with Crippen molar-refractivity contribution in [2.75, 3.05) is 6.61 Å². The Bertz CT molecular complexity index is 325. The van der Waals surface area contributed by atoms with Crippen LogP contribution in [0, 0.1) is 5.92 Å². The molecular formula is C11H14O4. The SMILES string of the molecule is CCOC(=O)/C=C/[C@@H]1C=C(O)C(O)=CC1. The van der Waals surface area contributed by atoms with Crippen LogP contribution in [0.1, 0.15) is 13.3 Å². The quantitative estimate of drug-likeness (QED) is 0.552. The Labute approximate surface area is 88.2 Å². The molecule has 0 heterocycles. The number of hydrogen-bond donors (Lipinski definition) is 2. The van der Waals surface area contributed by atoms with Crippen LogP contribution < -0.4 is 0 Å². The minimum absolute atomic E-state index is 0.0784. The highest BCUT2D eigenvalue weighted by Gasteiger charge is 2.11. The molecule has 1 aliphatic carbocycles. The first-order chi connectivity index (χ1) is 7.13. The summed E-state index contributed by atoms with van der Waals surface area (Å²) in [5.74, 6) is -0.745. The molecule has 1 rings (SSSR count). The molecule has 0 aromatic heterocycles. The molecule has 2 N–H and O–H groups in total. The van der Waals surface area contributed by atoms with Crippen LogP contribution >= 0.6 is 0 Å². The molecule has 15 heavy (non-hydrogen) atoms. The maximum Gasteiger partial charge on any atom is 0.330 e. The fourth-order valence-electron chi connectivity index (χ4n) is 1.24. The summed E-state index contributed by atoms with van der Waals surface area (Å²) < 4.78 is 4.71. The largest absolute Gasteiger partial charge is 0.504 e. The maximum absolute atomic E-state index is 11.0. The van der Waals surface area contributed by atoms with Crippen molar-refractivity contribution in [3.63, 3.8) is 0 Å². The van der Waals surface area contributed by atoms with E-state index < -0.39 is 5.97 Å². The number of carbonyl (C=O) groups excluding carboxylic acids is 1. The molecule has 1 atom stereocenters. The normalized spacial score (nSPS) is 21.0. The van der Waals surface area contributed by atoms with Gasteiger partial charge in [-0.25, -0.2) is 4.79 Å². The first-order valence-electron chi connectivity index (χ1n) is 4.78. The number of hydrogen-bond acceptors (Lipinski definition) is 4. The average molecular weight is 210 g/mol. The Morgan fingerprint density at radius 1 is 1.60 bits per heavy atom. The van der Waals surface area contributed by atoms with Gasteiger partial charge in [0, 0.05) is 12.0 Å². The molecule has 4 heteroatoms. The van der Waals surface area contributed by atoms with Gasteiger partial charge in [0.25, 0.3) is 0 Å². The van der Waals surface area contributed by atoms with Gasteiger partial charge in [-0.2, -0.15) is 0 Å². The summed E-state index contributed by atoms with van der Waals surface area (Å²) in [6, 6.07) is 0. The van der Waals surface area contributed by atoms with E-state index in [2.05, 4.69) is 0 Å². The van der Waals surface area contributed by atoms with Gasteiger partial charge in [-0.3, -0.25) is 0 Å². The van der Waals surface area contributed by atoms with Crippen molar-refractivity contribution >= 4 is 5.97 Å². The second kappa shape index (κ2) is 5.24. The number of allylic oxidation sites excluding steroid dienone is 3. The van der Waals surface area contributed by atoms with Gasteiger partial charge in [0.2, 0.25) is 0 Å². The minimum atomic E-state index is -0.399. The summed E-state index contributed by atoms with van der Waals surface area (Å²) in [7, 11) is 0. The van der Waals surface area contributed by atoms with Crippen LogP contribution in [0.25, 0.3) is 0 Å². The Kier molecular flexibility index (Phi) is 3.97. The zero-order valence-electron chi connectivity index (χ0n) is 8.51. The number of aliphatic hydroxyl groups is 2. The summed E-state index contributed by atoms with van der Waals surface area (Å²) in [6.07, 6.45) is 6.53. The van der Waals surface area contributed by atoms with Crippen molar-refractivity contribution in [1.82, 2.24) is 0 Å². The van der Waals surface area contributed by atoms with Crippen LogP contribution in [0.2, 0.25) is 0 Å². The third-order valence-electron chi connectivity index (χ3n) is 1.98. The lowest BCUT2D eigenvalue weighted by atomic mass is 9.98. The predicted octanol–water partition coefficient (Wildman–Crippen LogP) is 2.01. The van der Waals surface area contributed by atoms with Gasteiger partial charge in [0.1, 0.15) is 0 Å². The van der Waals surface area contributed by atoms with Gasteiger partial charge in [-0.1, -0.05) is 6.08 Å². The zero-order chi connectivity index (χ0) is 11.3. The Hall–Kier alpha value is -1.71. The van der Waals surface area contributed by atoms with Gasteiger partial charge >= 0.3 is 5.97 Å². The molecule has 0 bridgehead atoms. The molecule has 0 aliphatic heterocycles.